The third kappa shape index (κ3) is 2.33. The zero-order valence-electron chi connectivity index (χ0n) is 10.5. The maximum atomic E-state index is 11.0. The Morgan fingerprint density at radius 2 is 2.29 bits per heavy atom. The SMILES string of the molecule is CCC(C)n1nnc(CC(N)=O)c1C1CCC1. The van der Waals surface area contributed by atoms with Crippen molar-refractivity contribution in [3.05, 3.63) is 11.4 Å². The van der Waals surface area contributed by atoms with Crippen LogP contribution in [0, 0.1) is 0 Å². The lowest BCUT2D eigenvalue weighted by molar-refractivity contribution is -0.117. The van der Waals surface area contributed by atoms with E-state index in [9.17, 15) is 4.79 Å². The number of aromatic nitrogens is 3. The molecule has 0 radical (unpaired) electrons. The maximum absolute atomic E-state index is 11.0. The van der Waals surface area contributed by atoms with Gasteiger partial charge in [0.1, 0.15) is 0 Å². The highest BCUT2D eigenvalue weighted by atomic mass is 16.1. The highest BCUT2D eigenvalue weighted by molar-refractivity contribution is 5.76. The van der Waals surface area contributed by atoms with E-state index in [1.807, 2.05) is 4.68 Å². The summed E-state index contributed by atoms with van der Waals surface area (Å²) in [6.45, 7) is 4.26. The highest BCUT2D eigenvalue weighted by Crippen LogP contribution is 2.38. The molecular formula is C12H20N4O. The van der Waals surface area contributed by atoms with Crippen LogP contribution < -0.4 is 5.73 Å². The molecule has 1 fully saturated rings. The number of carbonyl (C=O) groups excluding carboxylic acids is 1. The van der Waals surface area contributed by atoms with Gasteiger partial charge in [0.15, 0.2) is 0 Å². The molecule has 94 valence electrons. The lowest BCUT2D eigenvalue weighted by atomic mass is 9.81. The number of primary amides is 1. The Labute approximate surface area is 101 Å². The summed E-state index contributed by atoms with van der Waals surface area (Å²) < 4.78 is 1.99. The van der Waals surface area contributed by atoms with Crippen molar-refractivity contribution < 1.29 is 4.79 Å². The van der Waals surface area contributed by atoms with Gasteiger partial charge in [-0.3, -0.25) is 4.79 Å². The van der Waals surface area contributed by atoms with Crippen LogP contribution in [-0.4, -0.2) is 20.9 Å². The van der Waals surface area contributed by atoms with Crippen LogP contribution in [0.1, 0.15) is 62.9 Å². The van der Waals surface area contributed by atoms with E-state index < -0.39 is 0 Å². The highest BCUT2D eigenvalue weighted by Gasteiger charge is 2.29. The van der Waals surface area contributed by atoms with Crippen molar-refractivity contribution in [1.82, 2.24) is 15.0 Å². The lowest BCUT2D eigenvalue weighted by Crippen LogP contribution is -2.21. The zero-order chi connectivity index (χ0) is 12.4. The molecule has 1 aromatic rings. The minimum Gasteiger partial charge on any atom is -0.369 e. The molecule has 0 aromatic carbocycles. The molecule has 1 amide bonds. The van der Waals surface area contributed by atoms with E-state index in [1.165, 1.54) is 19.3 Å². The second-order valence-corrected chi connectivity index (χ2v) is 4.89. The van der Waals surface area contributed by atoms with Gasteiger partial charge in [-0.05, 0) is 26.2 Å². The number of amides is 1. The Bertz CT molecular complexity index is 409. The minimum absolute atomic E-state index is 0.211. The van der Waals surface area contributed by atoms with Gasteiger partial charge >= 0.3 is 0 Å². The van der Waals surface area contributed by atoms with Crippen molar-refractivity contribution in [3.63, 3.8) is 0 Å². The fourth-order valence-electron chi connectivity index (χ4n) is 2.23. The van der Waals surface area contributed by atoms with E-state index in [-0.39, 0.29) is 12.3 Å². The Hall–Kier alpha value is -1.39. The second-order valence-electron chi connectivity index (χ2n) is 4.89. The molecule has 5 nitrogen and oxygen atoms in total. The van der Waals surface area contributed by atoms with Gasteiger partial charge in [0.05, 0.1) is 23.9 Å². The first-order valence-corrected chi connectivity index (χ1v) is 6.35. The molecular weight excluding hydrogens is 216 g/mol. The summed E-state index contributed by atoms with van der Waals surface area (Å²) in [6.07, 6.45) is 4.83. The van der Waals surface area contributed by atoms with Gasteiger partial charge in [-0.2, -0.15) is 0 Å². The van der Waals surface area contributed by atoms with Crippen LogP contribution in [0.5, 0.6) is 0 Å². The molecule has 0 saturated heterocycles. The van der Waals surface area contributed by atoms with E-state index in [1.54, 1.807) is 0 Å². The third-order valence-electron chi connectivity index (χ3n) is 3.65. The molecule has 1 aromatic heterocycles. The Morgan fingerprint density at radius 3 is 2.76 bits per heavy atom. The van der Waals surface area contributed by atoms with Gasteiger partial charge in [0.2, 0.25) is 5.91 Å². The van der Waals surface area contributed by atoms with Crippen LogP contribution >= 0.6 is 0 Å². The van der Waals surface area contributed by atoms with Crippen molar-refractivity contribution in [2.24, 2.45) is 5.73 Å². The molecule has 1 atom stereocenters. The molecule has 5 heteroatoms. The standard InChI is InChI=1S/C12H20N4O/c1-3-8(2)16-12(9-5-4-6-9)10(14-15-16)7-11(13)17/h8-9H,3-7H2,1-2H3,(H2,13,17). The molecule has 2 rings (SSSR count). The summed E-state index contributed by atoms with van der Waals surface area (Å²) in [7, 11) is 0. The number of hydrogen-bond acceptors (Lipinski definition) is 3. The van der Waals surface area contributed by atoms with Crippen LogP contribution in [-0.2, 0) is 11.2 Å². The summed E-state index contributed by atoms with van der Waals surface area (Å²) in [5.74, 6) is 0.190. The third-order valence-corrected chi connectivity index (χ3v) is 3.65. The largest absolute Gasteiger partial charge is 0.369 e. The molecule has 2 N–H and O–H groups in total. The predicted octanol–water partition coefficient (Wildman–Crippen LogP) is 1.54. The average Bonchev–Trinajstić information content (AvgIpc) is 2.58. The summed E-state index contributed by atoms with van der Waals surface area (Å²) in [5.41, 5.74) is 7.18. The fraction of sp³-hybridized carbons (Fsp3) is 0.750. The normalized spacial score (nSPS) is 17.8. The van der Waals surface area contributed by atoms with E-state index in [0.29, 0.717) is 12.0 Å². The number of nitrogens with two attached hydrogens (primary N) is 1. The van der Waals surface area contributed by atoms with Crippen molar-refractivity contribution in [2.75, 3.05) is 0 Å². The summed E-state index contributed by atoms with van der Waals surface area (Å²) in [4.78, 5) is 11.0. The van der Waals surface area contributed by atoms with Gasteiger partial charge < -0.3 is 5.73 Å². The number of hydrogen-bond donors (Lipinski definition) is 1. The molecule has 1 aliphatic rings. The monoisotopic (exact) mass is 236 g/mol. The van der Waals surface area contributed by atoms with Crippen LogP contribution in [0.3, 0.4) is 0 Å². The number of nitrogens with zero attached hydrogens (tertiary/aromatic N) is 3. The quantitative estimate of drug-likeness (QED) is 0.842. The predicted molar refractivity (Wildman–Crippen MR) is 64.5 cm³/mol. The Kier molecular flexibility index (Phi) is 3.45. The first-order valence-electron chi connectivity index (χ1n) is 6.35. The first kappa shape index (κ1) is 12.1. The molecule has 1 heterocycles. The second kappa shape index (κ2) is 4.85. The summed E-state index contributed by atoms with van der Waals surface area (Å²) in [5, 5.41) is 8.34. The average molecular weight is 236 g/mol. The van der Waals surface area contributed by atoms with Gasteiger partial charge in [0, 0.05) is 5.92 Å². The molecule has 1 saturated carbocycles. The van der Waals surface area contributed by atoms with Crippen LogP contribution in [0.15, 0.2) is 0 Å². The van der Waals surface area contributed by atoms with Crippen molar-refractivity contribution in [2.45, 2.75) is 57.9 Å². The van der Waals surface area contributed by atoms with Crippen LogP contribution in [0.4, 0.5) is 0 Å². The Morgan fingerprint density at radius 1 is 1.59 bits per heavy atom. The molecule has 1 aliphatic carbocycles. The van der Waals surface area contributed by atoms with Gasteiger partial charge in [0.25, 0.3) is 0 Å². The van der Waals surface area contributed by atoms with Crippen molar-refractivity contribution in [3.8, 4) is 0 Å². The van der Waals surface area contributed by atoms with Gasteiger partial charge in [-0.25, -0.2) is 4.68 Å². The van der Waals surface area contributed by atoms with Crippen molar-refractivity contribution >= 4 is 5.91 Å². The van der Waals surface area contributed by atoms with Crippen LogP contribution in [0.25, 0.3) is 0 Å². The van der Waals surface area contributed by atoms with Gasteiger partial charge in [-0.15, -0.1) is 5.10 Å². The molecule has 1 unspecified atom stereocenters. The molecule has 0 bridgehead atoms. The van der Waals surface area contributed by atoms with E-state index >= 15 is 0 Å². The number of rotatable bonds is 5. The molecule has 17 heavy (non-hydrogen) atoms. The van der Waals surface area contributed by atoms with E-state index in [4.69, 9.17) is 5.73 Å². The molecule has 0 spiro atoms. The van der Waals surface area contributed by atoms with Gasteiger partial charge in [-0.1, -0.05) is 18.6 Å². The van der Waals surface area contributed by atoms with E-state index in [0.717, 1.165) is 17.8 Å². The Balaban J connectivity index is 2.32. The first-order chi connectivity index (χ1) is 8.13. The smallest absolute Gasteiger partial charge is 0.223 e. The fourth-order valence-corrected chi connectivity index (χ4v) is 2.23. The van der Waals surface area contributed by atoms with Crippen molar-refractivity contribution in [1.29, 1.82) is 0 Å². The topological polar surface area (TPSA) is 73.8 Å². The minimum atomic E-state index is -0.332. The number of carbonyl (C=O) groups is 1. The van der Waals surface area contributed by atoms with Crippen LogP contribution in [0.2, 0.25) is 0 Å². The zero-order valence-corrected chi connectivity index (χ0v) is 10.5. The summed E-state index contributed by atoms with van der Waals surface area (Å²) in [6, 6.07) is 0.333. The maximum Gasteiger partial charge on any atom is 0.223 e. The lowest BCUT2D eigenvalue weighted by Gasteiger charge is -2.28. The van der Waals surface area contributed by atoms with E-state index in [2.05, 4.69) is 24.2 Å². The summed E-state index contributed by atoms with van der Waals surface area (Å²) >= 11 is 0. The molecule has 0 aliphatic heterocycles.